The first-order valence-electron chi connectivity index (χ1n) is 5.10. The van der Waals surface area contributed by atoms with Crippen molar-refractivity contribution in [3.05, 3.63) is 0 Å². The van der Waals surface area contributed by atoms with Crippen LogP contribution in [-0.4, -0.2) is 27.3 Å². The molecular formula is C9H20NO3S-. The van der Waals surface area contributed by atoms with Crippen LogP contribution in [-0.2, 0) is 15.8 Å². The van der Waals surface area contributed by atoms with E-state index in [-0.39, 0.29) is 0 Å². The molecule has 0 aliphatic carbocycles. The fourth-order valence-corrected chi connectivity index (χ4v) is 1.32. The Morgan fingerprint density at radius 1 is 1.36 bits per heavy atom. The van der Waals surface area contributed by atoms with Crippen molar-refractivity contribution < 1.29 is 13.5 Å². The quantitative estimate of drug-likeness (QED) is 0.469. The standard InChI is InChI=1S/C9H21NO3S/c1-2-3-4-5-7-13-8-6-9(10)14(11)12/h9H,2-8,10H2,1H3,(H,11,12)/p-1. The van der Waals surface area contributed by atoms with Crippen molar-refractivity contribution in [1.82, 2.24) is 0 Å². The highest BCUT2D eigenvalue weighted by atomic mass is 32.2. The van der Waals surface area contributed by atoms with Crippen molar-refractivity contribution in [2.45, 2.75) is 44.4 Å². The molecule has 14 heavy (non-hydrogen) atoms. The summed E-state index contributed by atoms with van der Waals surface area (Å²) in [6.07, 6.45) is 5.04. The third kappa shape index (κ3) is 8.62. The van der Waals surface area contributed by atoms with Gasteiger partial charge in [0, 0.05) is 13.2 Å². The first-order chi connectivity index (χ1) is 6.68. The van der Waals surface area contributed by atoms with E-state index in [0.29, 0.717) is 19.6 Å². The van der Waals surface area contributed by atoms with E-state index in [1.807, 2.05) is 0 Å². The highest BCUT2D eigenvalue weighted by Crippen LogP contribution is 2.00. The van der Waals surface area contributed by atoms with Gasteiger partial charge in [-0.3, -0.25) is 4.21 Å². The van der Waals surface area contributed by atoms with E-state index >= 15 is 0 Å². The summed E-state index contributed by atoms with van der Waals surface area (Å²) >= 11 is -2.17. The van der Waals surface area contributed by atoms with Gasteiger partial charge < -0.3 is 15.0 Å². The van der Waals surface area contributed by atoms with Crippen LogP contribution in [0.1, 0.15) is 39.0 Å². The van der Waals surface area contributed by atoms with Gasteiger partial charge in [0.15, 0.2) is 0 Å². The molecule has 0 radical (unpaired) electrons. The average Bonchev–Trinajstić information content (AvgIpc) is 2.16. The highest BCUT2D eigenvalue weighted by molar-refractivity contribution is 7.79. The molecule has 0 aromatic rings. The van der Waals surface area contributed by atoms with E-state index in [4.69, 9.17) is 10.5 Å². The van der Waals surface area contributed by atoms with E-state index in [9.17, 15) is 8.76 Å². The molecule has 0 fully saturated rings. The van der Waals surface area contributed by atoms with Gasteiger partial charge in [-0.05, 0) is 23.9 Å². The van der Waals surface area contributed by atoms with Crippen LogP contribution < -0.4 is 5.73 Å². The maximum Gasteiger partial charge on any atom is 0.0698 e. The van der Waals surface area contributed by atoms with Crippen molar-refractivity contribution in [1.29, 1.82) is 0 Å². The average molecular weight is 222 g/mol. The Labute approximate surface area is 88.5 Å². The lowest BCUT2D eigenvalue weighted by Gasteiger charge is -2.14. The van der Waals surface area contributed by atoms with Crippen LogP contribution in [0.3, 0.4) is 0 Å². The molecule has 2 atom stereocenters. The Kier molecular flexibility index (Phi) is 9.60. The summed E-state index contributed by atoms with van der Waals surface area (Å²) in [5, 5.41) is -0.786. The first kappa shape index (κ1) is 14.0. The zero-order valence-corrected chi connectivity index (χ0v) is 9.55. The Morgan fingerprint density at radius 2 is 2.07 bits per heavy atom. The van der Waals surface area contributed by atoms with E-state index in [2.05, 4.69) is 6.92 Å². The molecule has 0 rings (SSSR count). The first-order valence-corrected chi connectivity index (χ1v) is 6.23. The molecule has 0 aromatic heterocycles. The third-order valence-electron chi connectivity index (χ3n) is 1.94. The molecule has 5 heteroatoms. The Hall–Kier alpha value is 0.0300. The largest absolute Gasteiger partial charge is 0.771 e. The van der Waals surface area contributed by atoms with Gasteiger partial charge in [0.05, 0.1) is 5.37 Å². The van der Waals surface area contributed by atoms with Gasteiger partial charge in [0.25, 0.3) is 0 Å². The minimum absolute atomic E-state index is 0.379. The second kappa shape index (κ2) is 9.58. The second-order valence-corrected chi connectivity index (χ2v) is 4.39. The zero-order valence-electron chi connectivity index (χ0n) is 8.74. The maximum atomic E-state index is 10.3. The topological polar surface area (TPSA) is 75.4 Å². The molecule has 0 aliphatic heterocycles. The zero-order chi connectivity index (χ0) is 10.8. The normalized spacial score (nSPS) is 15.4. The Balaban J connectivity index is 3.09. The van der Waals surface area contributed by atoms with Gasteiger partial charge in [0.1, 0.15) is 0 Å². The van der Waals surface area contributed by atoms with Gasteiger partial charge in [-0.1, -0.05) is 26.2 Å². The molecule has 0 saturated heterocycles. The summed E-state index contributed by atoms with van der Waals surface area (Å²) in [5.41, 5.74) is 5.29. The summed E-state index contributed by atoms with van der Waals surface area (Å²) in [4.78, 5) is 0. The van der Waals surface area contributed by atoms with Gasteiger partial charge in [-0.2, -0.15) is 0 Å². The van der Waals surface area contributed by atoms with Crippen molar-refractivity contribution in [2.75, 3.05) is 13.2 Å². The lowest BCUT2D eigenvalue weighted by atomic mass is 10.2. The SMILES string of the molecule is CCCCCCOCCC(N)S(=O)[O-]. The molecule has 0 aliphatic rings. The fourth-order valence-electron chi connectivity index (χ4n) is 1.03. The van der Waals surface area contributed by atoms with Crippen molar-refractivity contribution in [2.24, 2.45) is 5.73 Å². The lowest BCUT2D eigenvalue weighted by Crippen LogP contribution is -2.27. The molecule has 0 heterocycles. The number of ether oxygens (including phenoxy) is 1. The van der Waals surface area contributed by atoms with Crippen LogP contribution in [0.2, 0.25) is 0 Å². The van der Waals surface area contributed by atoms with Crippen LogP contribution in [0.15, 0.2) is 0 Å². The minimum Gasteiger partial charge on any atom is -0.771 e. The number of nitrogens with two attached hydrogens (primary N) is 1. The van der Waals surface area contributed by atoms with Crippen LogP contribution in [0, 0.1) is 0 Å². The molecule has 4 nitrogen and oxygen atoms in total. The molecule has 0 amide bonds. The highest BCUT2D eigenvalue weighted by Gasteiger charge is 2.01. The molecule has 0 aromatic carbocycles. The van der Waals surface area contributed by atoms with Gasteiger partial charge >= 0.3 is 0 Å². The van der Waals surface area contributed by atoms with Gasteiger partial charge in [-0.15, -0.1) is 0 Å². The molecule has 86 valence electrons. The maximum absolute atomic E-state index is 10.3. The number of rotatable bonds is 9. The smallest absolute Gasteiger partial charge is 0.0698 e. The predicted octanol–water partition coefficient (Wildman–Crippen LogP) is 1.14. The molecule has 2 unspecified atom stereocenters. The molecule has 0 bridgehead atoms. The molecule has 0 spiro atoms. The second-order valence-electron chi connectivity index (χ2n) is 3.26. The monoisotopic (exact) mass is 222 g/mol. The summed E-state index contributed by atoms with van der Waals surface area (Å²) in [6, 6.07) is 0. The summed E-state index contributed by atoms with van der Waals surface area (Å²) in [6.45, 7) is 3.29. The summed E-state index contributed by atoms with van der Waals surface area (Å²) < 4.78 is 25.9. The molecule has 0 saturated carbocycles. The van der Waals surface area contributed by atoms with Crippen molar-refractivity contribution in [3.63, 3.8) is 0 Å². The molecule has 2 N–H and O–H groups in total. The molecular weight excluding hydrogens is 202 g/mol. The van der Waals surface area contributed by atoms with Gasteiger partial charge in [-0.25, -0.2) is 0 Å². The Morgan fingerprint density at radius 3 is 2.64 bits per heavy atom. The van der Waals surface area contributed by atoms with E-state index in [1.165, 1.54) is 19.3 Å². The predicted molar refractivity (Wildman–Crippen MR) is 56.5 cm³/mol. The minimum atomic E-state index is -2.17. The van der Waals surface area contributed by atoms with E-state index in [1.54, 1.807) is 0 Å². The number of hydrogen-bond donors (Lipinski definition) is 1. The summed E-state index contributed by atoms with van der Waals surface area (Å²) in [5.74, 6) is 0. The van der Waals surface area contributed by atoms with Crippen LogP contribution in [0.5, 0.6) is 0 Å². The van der Waals surface area contributed by atoms with Crippen molar-refractivity contribution in [3.8, 4) is 0 Å². The van der Waals surface area contributed by atoms with Crippen LogP contribution in [0.4, 0.5) is 0 Å². The van der Waals surface area contributed by atoms with Gasteiger partial charge in [0.2, 0.25) is 0 Å². The lowest BCUT2D eigenvalue weighted by molar-refractivity contribution is 0.127. The third-order valence-corrected chi connectivity index (χ3v) is 2.67. The number of unbranched alkanes of at least 4 members (excludes halogenated alkanes) is 3. The summed E-state index contributed by atoms with van der Waals surface area (Å²) in [7, 11) is 0. The van der Waals surface area contributed by atoms with E-state index in [0.717, 1.165) is 6.42 Å². The fraction of sp³-hybridized carbons (Fsp3) is 1.00. The number of hydrogen-bond acceptors (Lipinski definition) is 4. The van der Waals surface area contributed by atoms with Crippen LogP contribution >= 0.6 is 0 Å². The Bertz CT molecular complexity index is 155. The van der Waals surface area contributed by atoms with Crippen molar-refractivity contribution >= 4 is 11.1 Å². The van der Waals surface area contributed by atoms with E-state index < -0.39 is 16.5 Å². The van der Waals surface area contributed by atoms with Crippen LogP contribution in [0.25, 0.3) is 0 Å².